The molecule has 0 aromatic carbocycles. The van der Waals surface area contributed by atoms with Crippen LogP contribution in [0.1, 0.15) is 110 Å². The van der Waals surface area contributed by atoms with Crippen LogP contribution in [0.15, 0.2) is 23.7 Å². The fourth-order valence-corrected chi connectivity index (χ4v) is 6.13. The molecule has 37 heavy (non-hydrogen) atoms. The van der Waals surface area contributed by atoms with E-state index in [0.29, 0.717) is 43.7 Å². The van der Waals surface area contributed by atoms with Gasteiger partial charge in [-0.3, -0.25) is 0 Å². The van der Waals surface area contributed by atoms with Crippen molar-refractivity contribution in [3.63, 3.8) is 0 Å². The van der Waals surface area contributed by atoms with E-state index >= 15 is 0 Å². The molecule has 0 aromatic heterocycles. The molecule has 3 unspecified atom stereocenters. The summed E-state index contributed by atoms with van der Waals surface area (Å²) in [5, 5.41) is 10.0. The van der Waals surface area contributed by atoms with E-state index in [9.17, 15) is 9.90 Å². The summed E-state index contributed by atoms with van der Waals surface area (Å²) in [6.07, 6.45) is 15.9. The predicted octanol–water partition coefficient (Wildman–Crippen LogP) is 6.86. The number of unbranched alkanes of at least 4 members (excludes halogenated alkanes) is 4. The topological polar surface area (TPSA) is 86.8 Å². The van der Waals surface area contributed by atoms with Gasteiger partial charge in [0.25, 0.3) is 0 Å². The summed E-state index contributed by atoms with van der Waals surface area (Å²) in [6.45, 7) is 7.85. The van der Waals surface area contributed by atoms with Crippen LogP contribution in [-0.2, 0) is 28.5 Å². The Balaban J connectivity index is 1.36. The van der Waals surface area contributed by atoms with E-state index in [-0.39, 0.29) is 18.0 Å². The van der Waals surface area contributed by atoms with Gasteiger partial charge in [0.15, 0.2) is 18.3 Å². The fourth-order valence-electron chi connectivity index (χ4n) is 6.13. The van der Waals surface area contributed by atoms with E-state index in [0.717, 1.165) is 44.9 Å². The van der Waals surface area contributed by atoms with Crippen molar-refractivity contribution in [2.45, 2.75) is 134 Å². The second-order valence-corrected chi connectivity index (χ2v) is 11.3. The van der Waals surface area contributed by atoms with Crippen molar-refractivity contribution in [3.8, 4) is 0 Å². The SMILES string of the molecule is C=C1CC[C@H](CCCCCCC)[C@H]1C[C@H]1OC1CC(OC1CCCCO1)=C(OC1CCCCO1)C(=O)O. The maximum absolute atomic E-state index is 12.3. The molecule has 3 heterocycles. The zero-order valence-corrected chi connectivity index (χ0v) is 22.8. The van der Waals surface area contributed by atoms with Crippen LogP contribution in [-0.4, -0.2) is 49.1 Å². The molecule has 1 aliphatic carbocycles. The first kappa shape index (κ1) is 28.4. The van der Waals surface area contributed by atoms with Crippen molar-refractivity contribution in [3.05, 3.63) is 23.7 Å². The van der Waals surface area contributed by atoms with Gasteiger partial charge in [0.05, 0.1) is 25.4 Å². The monoisotopic (exact) mass is 520 g/mol. The highest BCUT2D eigenvalue weighted by molar-refractivity contribution is 5.84. The van der Waals surface area contributed by atoms with Gasteiger partial charge in [0.2, 0.25) is 5.76 Å². The van der Waals surface area contributed by atoms with Crippen LogP contribution in [0.5, 0.6) is 0 Å². The molecule has 0 amide bonds. The molecule has 7 heteroatoms. The second-order valence-electron chi connectivity index (χ2n) is 11.3. The van der Waals surface area contributed by atoms with Crippen LogP contribution in [0.3, 0.4) is 0 Å². The number of ether oxygens (including phenoxy) is 5. The molecule has 1 saturated carbocycles. The van der Waals surface area contributed by atoms with Crippen molar-refractivity contribution >= 4 is 5.97 Å². The van der Waals surface area contributed by atoms with Crippen molar-refractivity contribution in [1.82, 2.24) is 0 Å². The first-order valence-corrected chi connectivity index (χ1v) is 14.9. The molecule has 7 nitrogen and oxygen atoms in total. The average Bonchev–Trinajstić information content (AvgIpc) is 3.55. The normalized spacial score (nSPS) is 32.6. The molecule has 1 N–H and O–H groups in total. The summed E-state index contributed by atoms with van der Waals surface area (Å²) < 4.78 is 29.5. The Morgan fingerprint density at radius 2 is 1.65 bits per heavy atom. The van der Waals surface area contributed by atoms with Gasteiger partial charge in [0, 0.05) is 19.3 Å². The Bertz CT molecular complexity index is 766. The van der Waals surface area contributed by atoms with E-state index < -0.39 is 18.5 Å². The number of epoxide rings is 1. The number of carbonyl (C=O) groups is 1. The Hall–Kier alpha value is -1.57. The highest BCUT2D eigenvalue weighted by Crippen LogP contribution is 2.46. The highest BCUT2D eigenvalue weighted by atomic mass is 16.7. The van der Waals surface area contributed by atoms with Gasteiger partial charge in [-0.25, -0.2) is 4.79 Å². The van der Waals surface area contributed by atoms with Crippen molar-refractivity contribution in [2.75, 3.05) is 13.2 Å². The number of aliphatic carboxylic acids is 1. The summed E-state index contributed by atoms with van der Waals surface area (Å²) in [5.74, 6) is 0.220. The Kier molecular flexibility index (Phi) is 11.2. The van der Waals surface area contributed by atoms with E-state index in [2.05, 4.69) is 13.5 Å². The Morgan fingerprint density at radius 3 is 2.30 bits per heavy atom. The molecule has 4 aliphatic rings. The van der Waals surface area contributed by atoms with Crippen LogP contribution in [0.25, 0.3) is 0 Å². The minimum atomic E-state index is -1.13. The quantitative estimate of drug-likeness (QED) is 0.0830. The van der Waals surface area contributed by atoms with E-state index in [4.69, 9.17) is 23.7 Å². The summed E-state index contributed by atoms with van der Waals surface area (Å²) in [6, 6.07) is 0. The fraction of sp³-hybridized carbons (Fsp3) is 0.833. The zero-order chi connectivity index (χ0) is 26.0. The lowest BCUT2D eigenvalue weighted by Crippen LogP contribution is -2.28. The standard InChI is InChI=1S/C30H48O7/c1-3-4-5-6-7-12-22-16-15-21(2)23(22)19-24-25(35-24)20-26(36-27-13-8-10-17-33-27)29(30(31)32)37-28-14-9-11-18-34-28/h22-25,27-28H,2-20H2,1H3,(H,31,32)/t22-,23-,24+,25?,27?,28?/m0/s1. The molecule has 0 radical (unpaired) electrons. The van der Waals surface area contributed by atoms with Gasteiger partial charge >= 0.3 is 5.97 Å². The first-order valence-electron chi connectivity index (χ1n) is 14.9. The minimum Gasteiger partial charge on any atom is -0.475 e. The molecule has 0 bridgehead atoms. The zero-order valence-electron chi connectivity index (χ0n) is 22.8. The molecule has 210 valence electrons. The van der Waals surface area contributed by atoms with Gasteiger partial charge < -0.3 is 28.8 Å². The molecule has 0 spiro atoms. The first-order chi connectivity index (χ1) is 18.0. The number of allylic oxidation sites excluding steroid dienone is 1. The van der Waals surface area contributed by atoms with Crippen LogP contribution in [0, 0.1) is 11.8 Å². The number of hydrogen-bond acceptors (Lipinski definition) is 6. The Labute approximate surface area is 222 Å². The summed E-state index contributed by atoms with van der Waals surface area (Å²) in [5.41, 5.74) is 1.36. The maximum atomic E-state index is 12.3. The molecular formula is C30H48O7. The highest BCUT2D eigenvalue weighted by Gasteiger charge is 2.45. The minimum absolute atomic E-state index is 0.0672. The molecular weight excluding hydrogens is 472 g/mol. The Morgan fingerprint density at radius 1 is 0.946 bits per heavy atom. The summed E-state index contributed by atoms with van der Waals surface area (Å²) in [4.78, 5) is 12.3. The molecule has 0 aromatic rings. The van der Waals surface area contributed by atoms with Crippen LogP contribution in [0.2, 0.25) is 0 Å². The molecule has 4 rings (SSSR count). The van der Waals surface area contributed by atoms with Crippen molar-refractivity contribution in [2.24, 2.45) is 11.8 Å². The second kappa shape index (κ2) is 14.5. The van der Waals surface area contributed by atoms with Gasteiger partial charge in [0.1, 0.15) is 0 Å². The lowest BCUT2D eigenvalue weighted by molar-refractivity contribution is -0.170. The summed E-state index contributed by atoms with van der Waals surface area (Å²) in [7, 11) is 0. The van der Waals surface area contributed by atoms with Gasteiger partial charge in [-0.1, -0.05) is 51.2 Å². The lowest BCUT2D eigenvalue weighted by atomic mass is 9.85. The molecule has 3 saturated heterocycles. The average molecular weight is 521 g/mol. The smallest absolute Gasteiger partial charge is 0.374 e. The molecule has 4 fully saturated rings. The van der Waals surface area contributed by atoms with E-state index in [1.807, 2.05) is 0 Å². The number of carboxylic acids is 1. The third-order valence-electron chi connectivity index (χ3n) is 8.41. The van der Waals surface area contributed by atoms with E-state index in [1.165, 1.54) is 50.5 Å². The van der Waals surface area contributed by atoms with E-state index in [1.54, 1.807) is 0 Å². The van der Waals surface area contributed by atoms with Gasteiger partial charge in [-0.15, -0.1) is 0 Å². The van der Waals surface area contributed by atoms with Crippen molar-refractivity contribution in [1.29, 1.82) is 0 Å². The maximum Gasteiger partial charge on any atom is 0.374 e. The van der Waals surface area contributed by atoms with Crippen LogP contribution >= 0.6 is 0 Å². The third-order valence-corrected chi connectivity index (χ3v) is 8.41. The molecule has 6 atom stereocenters. The largest absolute Gasteiger partial charge is 0.475 e. The lowest BCUT2D eigenvalue weighted by Gasteiger charge is -2.27. The predicted molar refractivity (Wildman–Crippen MR) is 141 cm³/mol. The van der Waals surface area contributed by atoms with Gasteiger partial charge in [-0.2, -0.15) is 0 Å². The van der Waals surface area contributed by atoms with Gasteiger partial charge in [-0.05, 0) is 63.2 Å². The number of rotatable bonds is 15. The third kappa shape index (κ3) is 8.72. The summed E-state index contributed by atoms with van der Waals surface area (Å²) >= 11 is 0. The molecule has 3 aliphatic heterocycles. The van der Waals surface area contributed by atoms with Crippen LogP contribution < -0.4 is 0 Å². The van der Waals surface area contributed by atoms with Crippen molar-refractivity contribution < 1.29 is 33.6 Å². The number of carboxylic acid groups (broad SMARTS) is 1. The number of hydrogen-bond donors (Lipinski definition) is 1. The van der Waals surface area contributed by atoms with Crippen LogP contribution in [0.4, 0.5) is 0 Å².